The van der Waals surface area contributed by atoms with Crippen LogP contribution in [-0.2, 0) is 14.8 Å². The first kappa shape index (κ1) is 19.7. The summed E-state index contributed by atoms with van der Waals surface area (Å²) in [5.41, 5.74) is 0. The monoisotopic (exact) mass is 372 g/mol. The summed E-state index contributed by atoms with van der Waals surface area (Å²) in [5.74, 6) is -0.725. The summed E-state index contributed by atoms with van der Waals surface area (Å²) in [6, 6.07) is 3.43. The Morgan fingerprint density at radius 3 is 2.64 bits per heavy atom. The average molecular weight is 372 g/mol. The topological polar surface area (TPSA) is 75.7 Å². The molecule has 0 bridgehead atoms. The number of carbonyl (C=O) groups is 1. The fourth-order valence-electron chi connectivity index (χ4n) is 2.88. The van der Waals surface area contributed by atoms with Gasteiger partial charge in [0, 0.05) is 25.6 Å². The number of sulfonamides is 1. The Morgan fingerprint density at radius 1 is 1.36 bits per heavy atom. The largest absolute Gasteiger partial charge is 0.495 e. The summed E-state index contributed by atoms with van der Waals surface area (Å²) in [7, 11) is -2.51. The standard InChI is InChI=1S/C17H25FN2O4S/c1-3-4-9-19-17(21)13-7-10-20(11-8-13)25(22,23)16-12-14(18)5-6-15(16)24-2/h5-6,12-13H,3-4,7-11H2,1-2H3,(H,19,21). The lowest BCUT2D eigenvalue weighted by atomic mass is 9.97. The van der Waals surface area contributed by atoms with Gasteiger partial charge in [0.2, 0.25) is 15.9 Å². The third-order valence-electron chi connectivity index (χ3n) is 4.40. The van der Waals surface area contributed by atoms with Crippen molar-refractivity contribution >= 4 is 15.9 Å². The van der Waals surface area contributed by atoms with Crippen LogP contribution in [0.1, 0.15) is 32.6 Å². The molecule has 2 rings (SSSR count). The average Bonchev–Trinajstić information content (AvgIpc) is 2.62. The fourth-order valence-corrected chi connectivity index (χ4v) is 4.52. The van der Waals surface area contributed by atoms with Gasteiger partial charge in [-0.05, 0) is 37.5 Å². The van der Waals surface area contributed by atoms with E-state index < -0.39 is 15.8 Å². The van der Waals surface area contributed by atoms with Crippen LogP contribution in [0, 0.1) is 11.7 Å². The Labute approximate surface area is 148 Å². The number of amides is 1. The van der Waals surface area contributed by atoms with Gasteiger partial charge in [0.1, 0.15) is 16.5 Å². The Kier molecular flexibility index (Phi) is 6.78. The first-order valence-corrected chi connectivity index (χ1v) is 9.95. The molecule has 6 nitrogen and oxygen atoms in total. The molecule has 1 N–H and O–H groups in total. The number of benzene rings is 1. The van der Waals surface area contributed by atoms with Crippen molar-refractivity contribution in [2.24, 2.45) is 5.92 Å². The Bertz CT molecular complexity index is 701. The smallest absolute Gasteiger partial charge is 0.246 e. The lowest BCUT2D eigenvalue weighted by molar-refractivity contribution is -0.126. The molecule has 0 aromatic heterocycles. The molecule has 0 spiro atoms. The minimum Gasteiger partial charge on any atom is -0.495 e. The Balaban J connectivity index is 2.04. The van der Waals surface area contributed by atoms with Gasteiger partial charge in [-0.1, -0.05) is 13.3 Å². The summed E-state index contributed by atoms with van der Waals surface area (Å²) in [4.78, 5) is 11.9. The zero-order valence-electron chi connectivity index (χ0n) is 14.6. The van der Waals surface area contributed by atoms with Crippen LogP contribution in [0.4, 0.5) is 4.39 Å². The van der Waals surface area contributed by atoms with Crippen molar-refractivity contribution in [2.75, 3.05) is 26.7 Å². The molecule has 0 atom stereocenters. The summed E-state index contributed by atoms with van der Waals surface area (Å²) >= 11 is 0. The molecule has 1 aliphatic heterocycles. The molecule has 1 heterocycles. The minimum atomic E-state index is -3.86. The molecule has 1 aliphatic rings. The fraction of sp³-hybridized carbons (Fsp3) is 0.588. The molecule has 1 saturated heterocycles. The van der Waals surface area contributed by atoms with Crippen LogP contribution in [0.25, 0.3) is 0 Å². The predicted molar refractivity (Wildman–Crippen MR) is 92.4 cm³/mol. The van der Waals surface area contributed by atoms with E-state index in [0.29, 0.717) is 19.4 Å². The Hall–Kier alpha value is -1.67. The maximum Gasteiger partial charge on any atom is 0.246 e. The van der Waals surface area contributed by atoms with Crippen molar-refractivity contribution in [1.82, 2.24) is 9.62 Å². The molecule has 1 amide bonds. The van der Waals surface area contributed by atoms with Crippen molar-refractivity contribution in [3.05, 3.63) is 24.0 Å². The van der Waals surface area contributed by atoms with Crippen LogP contribution in [0.2, 0.25) is 0 Å². The van der Waals surface area contributed by atoms with E-state index in [1.807, 2.05) is 0 Å². The molecular weight excluding hydrogens is 347 g/mol. The number of nitrogens with one attached hydrogen (secondary N) is 1. The maximum absolute atomic E-state index is 13.5. The summed E-state index contributed by atoms with van der Waals surface area (Å²) in [6.07, 6.45) is 2.84. The van der Waals surface area contributed by atoms with E-state index in [-0.39, 0.29) is 35.6 Å². The number of methoxy groups -OCH3 is 1. The maximum atomic E-state index is 13.5. The van der Waals surface area contributed by atoms with Crippen LogP contribution in [0.15, 0.2) is 23.1 Å². The van der Waals surface area contributed by atoms with Crippen molar-refractivity contribution in [3.63, 3.8) is 0 Å². The van der Waals surface area contributed by atoms with Crippen molar-refractivity contribution in [2.45, 2.75) is 37.5 Å². The quantitative estimate of drug-likeness (QED) is 0.744. The van der Waals surface area contributed by atoms with Crippen molar-refractivity contribution in [3.8, 4) is 5.75 Å². The normalized spacial score (nSPS) is 16.6. The van der Waals surface area contributed by atoms with E-state index in [4.69, 9.17) is 4.74 Å². The van der Waals surface area contributed by atoms with Gasteiger partial charge in [-0.25, -0.2) is 12.8 Å². The number of hydrogen-bond donors (Lipinski definition) is 1. The molecule has 1 aromatic rings. The van der Waals surface area contributed by atoms with E-state index in [0.717, 1.165) is 25.0 Å². The van der Waals surface area contributed by atoms with Gasteiger partial charge in [-0.3, -0.25) is 4.79 Å². The van der Waals surface area contributed by atoms with E-state index in [9.17, 15) is 17.6 Å². The van der Waals surface area contributed by atoms with Gasteiger partial charge in [-0.2, -0.15) is 4.31 Å². The molecule has 140 valence electrons. The second-order valence-electron chi connectivity index (χ2n) is 6.12. The molecule has 8 heteroatoms. The van der Waals surface area contributed by atoms with E-state index in [2.05, 4.69) is 12.2 Å². The molecule has 1 fully saturated rings. The highest BCUT2D eigenvalue weighted by Crippen LogP contribution is 2.30. The van der Waals surface area contributed by atoms with Gasteiger partial charge < -0.3 is 10.1 Å². The molecule has 25 heavy (non-hydrogen) atoms. The van der Waals surface area contributed by atoms with Crippen LogP contribution >= 0.6 is 0 Å². The number of carbonyl (C=O) groups excluding carboxylic acids is 1. The third-order valence-corrected chi connectivity index (χ3v) is 6.32. The van der Waals surface area contributed by atoms with Gasteiger partial charge in [-0.15, -0.1) is 0 Å². The van der Waals surface area contributed by atoms with Gasteiger partial charge in [0.25, 0.3) is 0 Å². The van der Waals surface area contributed by atoms with Crippen molar-refractivity contribution in [1.29, 1.82) is 0 Å². The van der Waals surface area contributed by atoms with Gasteiger partial charge in [0.05, 0.1) is 7.11 Å². The lowest BCUT2D eigenvalue weighted by Gasteiger charge is -2.30. The summed E-state index contributed by atoms with van der Waals surface area (Å²) in [5, 5.41) is 2.89. The van der Waals surface area contributed by atoms with Crippen LogP contribution in [0.5, 0.6) is 5.75 Å². The number of rotatable bonds is 7. The number of piperidine rings is 1. The first-order valence-electron chi connectivity index (χ1n) is 8.51. The second-order valence-corrected chi connectivity index (χ2v) is 8.02. The SMILES string of the molecule is CCCCNC(=O)C1CCN(S(=O)(=O)c2cc(F)ccc2OC)CC1. The molecule has 0 aliphatic carbocycles. The van der Waals surface area contributed by atoms with Crippen LogP contribution in [0.3, 0.4) is 0 Å². The Morgan fingerprint density at radius 2 is 2.04 bits per heavy atom. The van der Waals surface area contributed by atoms with E-state index in [1.54, 1.807) is 0 Å². The molecule has 0 unspecified atom stereocenters. The lowest BCUT2D eigenvalue weighted by Crippen LogP contribution is -2.43. The number of unbranched alkanes of at least 4 members (excludes halogenated alkanes) is 1. The van der Waals surface area contributed by atoms with Gasteiger partial charge in [0.15, 0.2) is 0 Å². The number of hydrogen-bond acceptors (Lipinski definition) is 4. The third kappa shape index (κ3) is 4.70. The van der Waals surface area contributed by atoms with E-state index >= 15 is 0 Å². The van der Waals surface area contributed by atoms with Crippen molar-refractivity contribution < 1.29 is 22.3 Å². The molecule has 0 radical (unpaired) electrons. The van der Waals surface area contributed by atoms with Gasteiger partial charge >= 0.3 is 0 Å². The van der Waals surface area contributed by atoms with E-state index in [1.165, 1.54) is 17.5 Å². The summed E-state index contributed by atoms with van der Waals surface area (Å²) in [6.45, 7) is 3.16. The minimum absolute atomic E-state index is 0.0196. The zero-order valence-corrected chi connectivity index (χ0v) is 15.4. The van der Waals surface area contributed by atoms with Crippen LogP contribution < -0.4 is 10.1 Å². The predicted octanol–water partition coefficient (Wildman–Crippen LogP) is 2.15. The summed E-state index contributed by atoms with van der Waals surface area (Å²) < 4.78 is 45.4. The highest BCUT2D eigenvalue weighted by molar-refractivity contribution is 7.89. The highest BCUT2D eigenvalue weighted by atomic mass is 32.2. The van der Waals surface area contributed by atoms with Crippen LogP contribution in [-0.4, -0.2) is 45.4 Å². The number of nitrogens with zero attached hydrogens (tertiary/aromatic N) is 1. The zero-order chi connectivity index (χ0) is 18.4. The number of halogens is 1. The second kappa shape index (κ2) is 8.62. The molecule has 1 aromatic carbocycles. The highest BCUT2D eigenvalue weighted by Gasteiger charge is 2.33. The molecule has 0 saturated carbocycles. The first-order chi connectivity index (χ1) is 11.9. The molecular formula is C17H25FN2O4S. The number of ether oxygens (including phenoxy) is 1.